The summed E-state index contributed by atoms with van der Waals surface area (Å²) >= 11 is 1.51. The van der Waals surface area contributed by atoms with Crippen molar-refractivity contribution in [3.63, 3.8) is 0 Å². The molecule has 0 saturated heterocycles. The van der Waals surface area contributed by atoms with Gasteiger partial charge in [-0.3, -0.25) is 0 Å². The van der Waals surface area contributed by atoms with Gasteiger partial charge in [0, 0.05) is 5.56 Å². The summed E-state index contributed by atoms with van der Waals surface area (Å²) in [7, 11) is 0. The average Bonchev–Trinajstić information content (AvgIpc) is 2.99. The molecule has 0 spiro atoms. The first-order valence-electron chi connectivity index (χ1n) is 6.69. The van der Waals surface area contributed by atoms with Crippen LogP contribution in [0.3, 0.4) is 0 Å². The Hall–Kier alpha value is -1.79. The zero-order chi connectivity index (χ0) is 14.2. The zero-order valence-corrected chi connectivity index (χ0v) is 12.4. The molecule has 1 aromatic carbocycles. The Bertz CT molecular complexity index is 714. The van der Waals surface area contributed by atoms with Crippen molar-refractivity contribution in [2.75, 3.05) is 0 Å². The predicted octanol–water partition coefficient (Wildman–Crippen LogP) is 2.83. The van der Waals surface area contributed by atoms with E-state index >= 15 is 0 Å². The molecule has 6 heteroatoms. The minimum Gasteiger partial charge on any atom is -0.320 e. The molecule has 0 aliphatic carbocycles. The minimum absolute atomic E-state index is 0.409. The van der Waals surface area contributed by atoms with E-state index in [0.29, 0.717) is 0 Å². The van der Waals surface area contributed by atoms with Crippen LogP contribution in [-0.2, 0) is 5.54 Å². The molecule has 20 heavy (non-hydrogen) atoms. The van der Waals surface area contributed by atoms with E-state index in [1.54, 1.807) is 4.52 Å². The molecule has 3 rings (SSSR count). The van der Waals surface area contributed by atoms with Gasteiger partial charge >= 0.3 is 0 Å². The number of hydrogen-bond donors (Lipinski definition) is 1. The number of benzene rings is 1. The molecule has 0 radical (unpaired) electrons. The summed E-state index contributed by atoms with van der Waals surface area (Å²) in [5.41, 5.74) is 6.94. The second-order valence-corrected chi connectivity index (χ2v) is 6.11. The molecular formula is C14H17N5S. The van der Waals surface area contributed by atoms with E-state index in [0.717, 1.165) is 34.2 Å². The molecule has 5 nitrogen and oxygen atoms in total. The maximum atomic E-state index is 6.35. The van der Waals surface area contributed by atoms with E-state index in [1.807, 2.05) is 37.3 Å². The summed E-state index contributed by atoms with van der Waals surface area (Å²) in [5, 5.41) is 13.9. The monoisotopic (exact) mass is 287 g/mol. The zero-order valence-electron chi connectivity index (χ0n) is 11.6. The average molecular weight is 287 g/mol. The summed E-state index contributed by atoms with van der Waals surface area (Å²) < 4.78 is 1.79. The Morgan fingerprint density at radius 1 is 1.25 bits per heavy atom. The summed E-state index contributed by atoms with van der Waals surface area (Å²) in [4.78, 5) is 0.784. The lowest BCUT2D eigenvalue weighted by atomic mass is 9.99. The molecule has 0 bridgehead atoms. The Balaban J connectivity index is 2.08. The van der Waals surface area contributed by atoms with Crippen molar-refractivity contribution < 1.29 is 0 Å². The van der Waals surface area contributed by atoms with Gasteiger partial charge in [0.1, 0.15) is 5.01 Å². The first-order chi connectivity index (χ1) is 9.62. The Morgan fingerprint density at radius 3 is 2.70 bits per heavy atom. The van der Waals surface area contributed by atoms with Crippen molar-refractivity contribution in [3.05, 3.63) is 35.3 Å². The van der Waals surface area contributed by atoms with Gasteiger partial charge in [0.05, 0.1) is 5.54 Å². The first kappa shape index (κ1) is 13.2. The molecule has 0 amide bonds. The number of rotatable bonds is 4. The van der Waals surface area contributed by atoms with Crippen molar-refractivity contribution in [1.29, 1.82) is 0 Å². The quantitative estimate of drug-likeness (QED) is 0.801. The van der Waals surface area contributed by atoms with Crippen LogP contribution in [0, 0.1) is 0 Å². The van der Waals surface area contributed by atoms with Crippen LogP contribution in [0.15, 0.2) is 30.3 Å². The van der Waals surface area contributed by atoms with Crippen molar-refractivity contribution in [3.8, 4) is 11.4 Å². The number of nitrogens with two attached hydrogens (primary N) is 1. The van der Waals surface area contributed by atoms with Crippen LogP contribution in [0.1, 0.15) is 31.7 Å². The molecule has 2 N–H and O–H groups in total. The summed E-state index contributed by atoms with van der Waals surface area (Å²) in [6.07, 6.45) is 1.93. The number of fused-ring (bicyclic) bond motifs is 1. The van der Waals surface area contributed by atoms with Crippen LogP contribution in [0.4, 0.5) is 0 Å². The molecule has 3 aromatic rings. The fourth-order valence-electron chi connectivity index (χ4n) is 2.24. The number of nitrogens with zero attached hydrogens (tertiary/aromatic N) is 4. The highest BCUT2D eigenvalue weighted by Gasteiger charge is 2.26. The maximum absolute atomic E-state index is 6.35. The van der Waals surface area contributed by atoms with Crippen molar-refractivity contribution >= 4 is 16.3 Å². The van der Waals surface area contributed by atoms with Crippen LogP contribution in [0.5, 0.6) is 0 Å². The van der Waals surface area contributed by atoms with Gasteiger partial charge in [0.15, 0.2) is 5.82 Å². The smallest absolute Gasteiger partial charge is 0.235 e. The largest absolute Gasteiger partial charge is 0.320 e. The van der Waals surface area contributed by atoms with E-state index in [4.69, 9.17) is 5.73 Å². The van der Waals surface area contributed by atoms with E-state index in [-0.39, 0.29) is 0 Å². The van der Waals surface area contributed by atoms with Crippen molar-refractivity contribution in [2.24, 2.45) is 5.73 Å². The van der Waals surface area contributed by atoms with Crippen molar-refractivity contribution in [1.82, 2.24) is 19.8 Å². The molecular weight excluding hydrogens is 270 g/mol. The van der Waals surface area contributed by atoms with E-state index in [9.17, 15) is 0 Å². The van der Waals surface area contributed by atoms with E-state index < -0.39 is 5.54 Å². The van der Waals surface area contributed by atoms with Gasteiger partial charge < -0.3 is 5.73 Å². The summed E-state index contributed by atoms with van der Waals surface area (Å²) in [6.45, 7) is 4.14. The normalized spacial score (nSPS) is 14.6. The summed E-state index contributed by atoms with van der Waals surface area (Å²) in [6, 6.07) is 9.94. The van der Waals surface area contributed by atoms with Gasteiger partial charge in [-0.1, -0.05) is 55.0 Å². The highest BCUT2D eigenvalue weighted by atomic mass is 32.1. The van der Waals surface area contributed by atoms with Crippen LogP contribution >= 0.6 is 11.3 Å². The molecule has 0 aliphatic heterocycles. The molecule has 0 saturated carbocycles. The molecule has 2 heterocycles. The van der Waals surface area contributed by atoms with Gasteiger partial charge in [-0.2, -0.15) is 9.61 Å². The third kappa shape index (κ3) is 2.21. The third-order valence-corrected chi connectivity index (χ3v) is 4.46. The van der Waals surface area contributed by atoms with Gasteiger partial charge in [-0.25, -0.2) is 0 Å². The van der Waals surface area contributed by atoms with Crippen LogP contribution < -0.4 is 5.73 Å². The predicted molar refractivity (Wildman–Crippen MR) is 80.5 cm³/mol. The van der Waals surface area contributed by atoms with Crippen LogP contribution in [0.2, 0.25) is 0 Å². The number of hydrogen-bond acceptors (Lipinski definition) is 5. The maximum Gasteiger partial charge on any atom is 0.235 e. The molecule has 2 aromatic heterocycles. The topological polar surface area (TPSA) is 69.1 Å². The van der Waals surface area contributed by atoms with E-state index in [2.05, 4.69) is 22.2 Å². The van der Waals surface area contributed by atoms with E-state index in [1.165, 1.54) is 11.3 Å². The molecule has 104 valence electrons. The fourth-order valence-corrected chi connectivity index (χ4v) is 3.17. The first-order valence-corrected chi connectivity index (χ1v) is 7.50. The third-order valence-electron chi connectivity index (χ3n) is 3.28. The Morgan fingerprint density at radius 2 is 2.00 bits per heavy atom. The second kappa shape index (κ2) is 4.96. The Kier molecular flexibility index (Phi) is 3.27. The molecule has 1 unspecified atom stereocenters. The standard InChI is InChI=1S/C14H17N5S/c1-3-9-14(2,15)12-18-19-11(16-17-13(19)20-12)10-7-5-4-6-8-10/h4-8H,3,9,15H2,1-2H3. The van der Waals surface area contributed by atoms with Gasteiger partial charge in [0.2, 0.25) is 4.96 Å². The fraction of sp³-hybridized carbons (Fsp3) is 0.357. The minimum atomic E-state index is -0.409. The Labute approximate surface area is 121 Å². The lowest BCUT2D eigenvalue weighted by Crippen LogP contribution is -2.32. The van der Waals surface area contributed by atoms with Gasteiger partial charge in [-0.15, -0.1) is 10.2 Å². The van der Waals surface area contributed by atoms with Crippen molar-refractivity contribution in [2.45, 2.75) is 32.2 Å². The molecule has 0 fully saturated rings. The highest BCUT2D eigenvalue weighted by molar-refractivity contribution is 7.16. The SMILES string of the molecule is CCCC(C)(N)c1nn2c(-c3ccccc3)nnc2s1. The highest BCUT2D eigenvalue weighted by Crippen LogP contribution is 2.29. The second-order valence-electron chi connectivity index (χ2n) is 5.16. The molecule has 0 aliphatic rings. The van der Waals surface area contributed by atoms with Gasteiger partial charge in [0.25, 0.3) is 0 Å². The van der Waals surface area contributed by atoms with Gasteiger partial charge in [-0.05, 0) is 13.3 Å². The van der Waals surface area contributed by atoms with Crippen LogP contribution in [0.25, 0.3) is 16.3 Å². The van der Waals surface area contributed by atoms with Crippen LogP contribution in [-0.4, -0.2) is 19.8 Å². The molecule has 1 atom stereocenters. The number of aromatic nitrogens is 4. The lowest BCUT2D eigenvalue weighted by Gasteiger charge is -2.19. The summed E-state index contributed by atoms with van der Waals surface area (Å²) in [5.74, 6) is 0.760. The lowest BCUT2D eigenvalue weighted by molar-refractivity contribution is 0.439.